The summed E-state index contributed by atoms with van der Waals surface area (Å²) in [5.41, 5.74) is 1.79. The zero-order chi connectivity index (χ0) is 16.1. The molecule has 0 bridgehead atoms. The van der Waals surface area contributed by atoms with Crippen molar-refractivity contribution in [1.29, 1.82) is 0 Å². The third kappa shape index (κ3) is 4.63. The molecule has 1 heterocycles. The van der Waals surface area contributed by atoms with Gasteiger partial charge in [-0.2, -0.15) is 0 Å². The SMILES string of the molecule is Cc1cc(OC(C)C)ccc1NC(=O)N(C)CC1CCCO1. The van der Waals surface area contributed by atoms with Crippen LogP contribution >= 0.6 is 0 Å². The average Bonchev–Trinajstić information content (AvgIpc) is 2.94. The fraction of sp³-hybridized carbons (Fsp3) is 0.588. The van der Waals surface area contributed by atoms with Crippen molar-refractivity contribution in [3.63, 3.8) is 0 Å². The molecule has 1 aromatic rings. The highest BCUT2D eigenvalue weighted by Crippen LogP contribution is 2.22. The summed E-state index contributed by atoms with van der Waals surface area (Å²) >= 11 is 0. The molecular weight excluding hydrogens is 280 g/mol. The van der Waals surface area contributed by atoms with Crippen LogP contribution in [0.2, 0.25) is 0 Å². The lowest BCUT2D eigenvalue weighted by atomic mass is 10.2. The van der Waals surface area contributed by atoms with Crippen LogP contribution in [-0.2, 0) is 4.74 Å². The van der Waals surface area contributed by atoms with Crippen molar-refractivity contribution in [2.45, 2.75) is 45.8 Å². The van der Waals surface area contributed by atoms with Crippen LogP contribution in [0.4, 0.5) is 10.5 Å². The molecule has 5 heteroatoms. The third-order valence-corrected chi connectivity index (χ3v) is 3.66. The fourth-order valence-electron chi connectivity index (χ4n) is 2.51. The standard InChI is InChI=1S/C17H26N2O3/c1-12(2)22-14-7-8-16(13(3)10-14)18-17(20)19(4)11-15-6-5-9-21-15/h7-8,10,12,15H,5-6,9,11H2,1-4H3,(H,18,20). The molecule has 5 nitrogen and oxygen atoms in total. The zero-order valence-electron chi connectivity index (χ0n) is 13.9. The Morgan fingerprint density at radius 3 is 2.86 bits per heavy atom. The molecule has 1 saturated heterocycles. The van der Waals surface area contributed by atoms with E-state index in [0.717, 1.165) is 36.4 Å². The number of ether oxygens (including phenoxy) is 2. The van der Waals surface area contributed by atoms with Crippen molar-refractivity contribution in [2.75, 3.05) is 25.5 Å². The van der Waals surface area contributed by atoms with Crippen molar-refractivity contribution < 1.29 is 14.3 Å². The summed E-state index contributed by atoms with van der Waals surface area (Å²) in [5, 5.41) is 2.94. The van der Waals surface area contributed by atoms with E-state index in [1.54, 1.807) is 11.9 Å². The van der Waals surface area contributed by atoms with Crippen LogP contribution < -0.4 is 10.1 Å². The number of nitrogens with one attached hydrogen (secondary N) is 1. The van der Waals surface area contributed by atoms with Crippen molar-refractivity contribution in [1.82, 2.24) is 4.90 Å². The second kappa shape index (κ2) is 7.49. The number of hydrogen-bond donors (Lipinski definition) is 1. The maximum Gasteiger partial charge on any atom is 0.321 e. The van der Waals surface area contributed by atoms with Crippen LogP contribution in [0.15, 0.2) is 18.2 Å². The molecule has 0 aliphatic carbocycles. The minimum Gasteiger partial charge on any atom is -0.491 e. The van der Waals surface area contributed by atoms with Crippen molar-refractivity contribution in [3.05, 3.63) is 23.8 Å². The molecule has 2 rings (SSSR count). The number of carbonyl (C=O) groups is 1. The Labute approximate surface area is 132 Å². The normalized spacial score (nSPS) is 17.6. The van der Waals surface area contributed by atoms with E-state index in [1.165, 1.54) is 0 Å². The van der Waals surface area contributed by atoms with E-state index in [0.29, 0.717) is 6.54 Å². The van der Waals surface area contributed by atoms with E-state index in [2.05, 4.69) is 5.32 Å². The molecule has 122 valence electrons. The van der Waals surface area contributed by atoms with Crippen LogP contribution in [0.25, 0.3) is 0 Å². The number of hydrogen-bond acceptors (Lipinski definition) is 3. The Kier molecular flexibility index (Phi) is 5.66. The van der Waals surface area contributed by atoms with Crippen LogP contribution in [-0.4, -0.2) is 43.3 Å². The molecule has 1 atom stereocenters. The first-order valence-corrected chi connectivity index (χ1v) is 7.86. The van der Waals surface area contributed by atoms with Gasteiger partial charge in [-0.3, -0.25) is 0 Å². The molecule has 1 aromatic carbocycles. The fourth-order valence-corrected chi connectivity index (χ4v) is 2.51. The highest BCUT2D eigenvalue weighted by Gasteiger charge is 2.20. The van der Waals surface area contributed by atoms with Crippen LogP contribution in [0.1, 0.15) is 32.3 Å². The number of benzene rings is 1. The molecule has 2 amide bonds. The van der Waals surface area contributed by atoms with Gasteiger partial charge in [-0.25, -0.2) is 4.79 Å². The Balaban J connectivity index is 1.92. The number of nitrogens with zero attached hydrogens (tertiary/aromatic N) is 1. The Hall–Kier alpha value is -1.75. The quantitative estimate of drug-likeness (QED) is 0.907. The monoisotopic (exact) mass is 306 g/mol. The molecule has 0 aromatic heterocycles. The van der Waals surface area contributed by atoms with E-state index in [9.17, 15) is 4.79 Å². The highest BCUT2D eigenvalue weighted by molar-refractivity contribution is 5.90. The number of carbonyl (C=O) groups excluding carboxylic acids is 1. The molecule has 1 aliphatic heterocycles. The number of urea groups is 1. The summed E-state index contributed by atoms with van der Waals surface area (Å²) in [7, 11) is 1.79. The molecule has 1 fully saturated rings. The van der Waals surface area contributed by atoms with Gasteiger partial charge in [0.05, 0.1) is 12.2 Å². The maximum absolute atomic E-state index is 12.2. The van der Waals surface area contributed by atoms with Gasteiger partial charge in [-0.05, 0) is 57.4 Å². The van der Waals surface area contributed by atoms with Gasteiger partial charge in [0.15, 0.2) is 0 Å². The Morgan fingerprint density at radius 2 is 2.27 bits per heavy atom. The summed E-state index contributed by atoms with van der Waals surface area (Å²) in [5.74, 6) is 0.818. The largest absolute Gasteiger partial charge is 0.491 e. The van der Waals surface area contributed by atoms with Crippen molar-refractivity contribution >= 4 is 11.7 Å². The first-order chi connectivity index (χ1) is 10.5. The first kappa shape index (κ1) is 16.6. The first-order valence-electron chi connectivity index (χ1n) is 7.86. The van der Waals surface area contributed by atoms with Gasteiger partial charge in [0.2, 0.25) is 0 Å². The van der Waals surface area contributed by atoms with Crippen molar-refractivity contribution in [2.24, 2.45) is 0 Å². The molecule has 1 unspecified atom stereocenters. The van der Waals surface area contributed by atoms with Crippen LogP contribution in [0, 0.1) is 6.92 Å². The van der Waals surface area contributed by atoms with Gasteiger partial charge >= 0.3 is 6.03 Å². The number of aryl methyl sites for hydroxylation is 1. The number of amides is 2. The Bertz CT molecular complexity index is 511. The minimum absolute atomic E-state index is 0.115. The van der Waals surface area contributed by atoms with Crippen LogP contribution in [0.3, 0.4) is 0 Å². The zero-order valence-corrected chi connectivity index (χ0v) is 13.9. The number of rotatable bonds is 5. The molecule has 1 N–H and O–H groups in total. The molecular formula is C17H26N2O3. The van der Waals surface area contributed by atoms with E-state index in [4.69, 9.17) is 9.47 Å². The third-order valence-electron chi connectivity index (χ3n) is 3.66. The summed E-state index contributed by atoms with van der Waals surface area (Å²) < 4.78 is 11.2. The van der Waals surface area contributed by atoms with Crippen molar-refractivity contribution in [3.8, 4) is 5.75 Å². The summed E-state index contributed by atoms with van der Waals surface area (Å²) in [4.78, 5) is 13.9. The highest BCUT2D eigenvalue weighted by atomic mass is 16.5. The molecule has 22 heavy (non-hydrogen) atoms. The lowest BCUT2D eigenvalue weighted by Gasteiger charge is -2.22. The lowest BCUT2D eigenvalue weighted by Crippen LogP contribution is -2.37. The molecule has 0 spiro atoms. The van der Waals surface area contributed by atoms with Gasteiger partial charge in [-0.15, -0.1) is 0 Å². The molecule has 0 radical (unpaired) electrons. The maximum atomic E-state index is 12.2. The smallest absolute Gasteiger partial charge is 0.321 e. The average molecular weight is 306 g/mol. The minimum atomic E-state index is -0.115. The summed E-state index contributed by atoms with van der Waals surface area (Å²) in [6, 6.07) is 5.58. The predicted octanol–water partition coefficient (Wildman–Crippen LogP) is 3.42. The van der Waals surface area contributed by atoms with E-state index in [-0.39, 0.29) is 18.2 Å². The summed E-state index contributed by atoms with van der Waals surface area (Å²) in [6.07, 6.45) is 2.41. The van der Waals surface area contributed by atoms with E-state index < -0.39 is 0 Å². The predicted molar refractivity (Wildman–Crippen MR) is 87.6 cm³/mol. The van der Waals surface area contributed by atoms with E-state index in [1.807, 2.05) is 39.0 Å². The van der Waals surface area contributed by atoms with Gasteiger partial charge in [0.1, 0.15) is 5.75 Å². The van der Waals surface area contributed by atoms with Gasteiger partial charge in [0, 0.05) is 25.9 Å². The second-order valence-electron chi connectivity index (χ2n) is 6.09. The number of likely N-dealkylation sites (N-methyl/N-ethyl adjacent to an activating group) is 1. The second-order valence-corrected chi connectivity index (χ2v) is 6.09. The topological polar surface area (TPSA) is 50.8 Å². The molecule has 1 aliphatic rings. The summed E-state index contributed by atoms with van der Waals surface area (Å²) in [6.45, 7) is 7.37. The number of anilines is 1. The molecule has 0 saturated carbocycles. The lowest BCUT2D eigenvalue weighted by molar-refractivity contribution is 0.0894. The van der Waals surface area contributed by atoms with Crippen LogP contribution in [0.5, 0.6) is 5.75 Å². The van der Waals surface area contributed by atoms with Gasteiger partial charge in [0.25, 0.3) is 0 Å². The van der Waals surface area contributed by atoms with Gasteiger partial charge in [-0.1, -0.05) is 0 Å². The Morgan fingerprint density at radius 1 is 1.50 bits per heavy atom. The van der Waals surface area contributed by atoms with Gasteiger partial charge < -0.3 is 19.7 Å². The van der Waals surface area contributed by atoms with E-state index >= 15 is 0 Å².